The van der Waals surface area contributed by atoms with Gasteiger partial charge in [-0.25, -0.2) is 4.39 Å². The third-order valence-corrected chi connectivity index (χ3v) is 6.01. The van der Waals surface area contributed by atoms with Gasteiger partial charge in [0, 0.05) is 18.2 Å². The van der Waals surface area contributed by atoms with Gasteiger partial charge in [-0.15, -0.1) is 0 Å². The molecule has 1 saturated heterocycles. The van der Waals surface area contributed by atoms with E-state index in [0.29, 0.717) is 17.1 Å². The maximum absolute atomic E-state index is 15.1. The highest BCUT2D eigenvalue weighted by atomic mass is 35.5. The molecule has 1 aliphatic rings. The van der Waals surface area contributed by atoms with Crippen molar-refractivity contribution in [1.29, 1.82) is 5.26 Å². The molecule has 2 heterocycles. The molecule has 3 rings (SSSR count). The van der Waals surface area contributed by atoms with E-state index in [4.69, 9.17) is 23.2 Å². The molecule has 8 heteroatoms. The Bertz CT molecular complexity index is 1000. The number of hydrogen-bond acceptors (Lipinski definition) is 4. The molecule has 0 spiro atoms. The molecule has 1 fully saturated rings. The Morgan fingerprint density at radius 2 is 2.03 bits per heavy atom. The Balaban J connectivity index is 2.33. The average molecular weight is 450 g/mol. The van der Waals surface area contributed by atoms with E-state index in [2.05, 4.69) is 16.4 Å². The molecule has 0 aliphatic carbocycles. The molecule has 4 atom stereocenters. The standard InChI is InChI=1S/C22H22Cl2FN3O2/c1-21(2,3)9-16-22(11-26,15-8-7-12(23)10-27-15)17(19(28-16)20(29)30)13-5-4-6-14(24)18(13)25/h4-8,10,16-17,19,28H,9H2,1-3H3,(H,29,30)/t16-,17-,19+,22-/m0/s1. The van der Waals surface area contributed by atoms with Gasteiger partial charge >= 0.3 is 5.97 Å². The van der Waals surface area contributed by atoms with Gasteiger partial charge in [-0.2, -0.15) is 5.26 Å². The second kappa shape index (κ2) is 8.14. The Hall–Kier alpha value is -2.20. The predicted octanol–water partition coefficient (Wildman–Crippen LogP) is 4.93. The maximum Gasteiger partial charge on any atom is 0.321 e. The number of carboxylic acid groups (broad SMARTS) is 1. The van der Waals surface area contributed by atoms with Crippen LogP contribution in [0.5, 0.6) is 0 Å². The van der Waals surface area contributed by atoms with Gasteiger partial charge in [0.25, 0.3) is 0 Å². The van der Waals surface area contributed by atoms with Crippen molar-refractivity contribution in [3.8, 4) is 6.07 Å². The van der Waals surface area contributed by atoms with Crippen LogP contribution in [-0.2, 0) is 10.2 Å². The van der Waals surface area contributed by atoms with Gasteiger partial charge in [0.1, 0.15) is 17.3 Å². The summed E-state index contributed by atoms with van der Waals surface area (Å²) < 4.78 is 15.1. The fraction of sp³-hybridized carbons (Fsp3) is 0.409. The smallest absolute Gasteiger partial charge is 0.321 e. The van der Waals surface area contributed by atoms with Crippen molar-refractivity contribution < 1.29 is 14.3 Å². The minimum absolute atomic E-state index is 0.0668. The first-order valence-electron chi connectivity index (χ1n) is 9.47. The molecule has 0 radical (unpaired) electrons. The Kier molecular flexibility index (Phi) is 6.10. The molecule has 2 aromatic rings. The van der Waals surface area contributed by atoms with Crippen molar-refractivity contribution in [2.24, 2.45) is 5.41 Å². The molecule has 2 N–H and O–H groups in total. The number of aliphatic carboxylic acids is 1. The topological polar surface area (TPSA) is 86.0 Å². The number of benzene rings is 1. The number of carboxylic acids is 1. The van der Waals surface area contributed by atoms with Crippen LogP contribution in [0.25, 0.3) is 0 Å². The van der Waals surface area contributed by atoms with Crippen molar-refractivity contribution in [3.05, 3.63) is 63.6 Å². The van der Waals surface area contributed by atoms with Crippen molar-refractivity contribution >= 4 is 29.2 Å². The molecule has 0 amide bonds. The third-order valence-electron chi connectivity index (χ3n) is 5.49. The zero-order valence-electron chi connectivity index (χ0n) is 16.8. The molecular weight excluding hydrogens is 428 g/mol. The van der Waals surface area contributed by atoms with Crippen LogP contribution in [-0.4, -0.2) is 28.1 Å². The van der Waals surface area contributed by atoms with E-state index in [1.54, 1.807) is 18.2 Å². The first-order valence-corrected chi connectivity index (χ1v) is 10.2. The van der Waals surface area contributed by atoms with Crippen LogP contribution < -0.4 is 5.32 Å². The SMILES string of the molecule is CC(C)(C)C[C@@H]1N[C@@H](C(=O)O)[C@H](c2cccc(Cl)c2F)[C@@]1(C#N)c1ccc(Cl)cn1. The zero-order valence-corrected chi connectivity index (χ0v) is 18.3. The van der Waals surface area contributed by atoms with Crippen molar-refractivity contribution in [2.45, 2.75) is 50.6 Å². The zero-order chi connectivity index (χ0) is 22.3. The molecular formula is C22H22Cl2FN3O2. The average Bonchev–Trinajstić information content (AvgIpc) is 2.98. The lowest BCUT2D eigenvalue weighted by Crippen LogP contribution is -2.44. The second-order valence-electron chi connectivity index (χ2n) is 8.76. The van der Waals surface area contributed by atoms with Gasteiger partial charge in [-0.1, -0.05) is 56.1 Å². The minimum atomic E-state index is -1.45. The van der Waals surface area contributed by atoms with Gasteiger partial charge < -0.3 is 5.11 Å². The second-order valence-corrected chi connectivity index (χ2v) is 9.61. The lowest BCUT2D eigenvalue weighted by Gasteiger charge is -2.36. The summed E-state index contributed by atoms with van der Waals surface area (Å²) in [6.45, 7) is 5.99. The van der Waals surface area contributed by atoms with E-state index in [0.717, 1.165) is 0 Å². The highest BCUT2D eigenvalue weighted by Gasteiger charge is 2.61. The number of halogens is 3. The third kappa shape index (κ3) is 3.90. The van der Waals surface area contributed by atoms with Crippen LogP contribution in [0.2, 0.25) is 10.0 Å². The van der Waals surface area contributed by atoms with E-state index < -0.39 is 35.2 Å². The summed E-state index contributed by atoms with van der Waals surface area (Å²) in [6, 6.07) is 8.13. The molecule has 0 unspecified atom stereocenters. The van der Waals surface area contributed by atoms with Crippen molar-refractivity contribution in [2.75, 3.05) is 0 Å². The summed E-state index contributed by atoms with van der Waals surface area (Å²) in [5.41, 5.74) is -1.29. The van der Waals surface area contributed by atoms with Gasteiger partial charge in [0.2, 0.25) is 0 Å². The number of rotatable bonds is 4. The fourth-order valence-corrected chi connectivity index (χ4v) is 4.61. The minimum Gasteiger partial charge on any atom is -0.480 e. The van der Waals surface area contributed by atoms with E-state index >= 15 is 4.39 Å². The van der Waals surface area contributed by atoms with Crippen LogP contribution >= 0.6 is 23.2 Å². The fourth-order valence-electron chi connectivity index (χ4n) is 4.32. The largest absolute Gasteiger partial charge is 0.480 e. The first-order chi connectivity index (χ1) is 14.0. The molecule has 0 saturated carbocycles. The van der Waals surface area contributed by atoms with Crippen LogP contribution in [0.15, 0.2) is 36.5 Å². The van der Waals surface area contributed by atoms with Crippen molar-refractivity contribution in [3.63, 3.8) is 0 Å². The van der Waals surface area contributed by atoms with E-state index in [1.807, 2.05) is 20.8 Å². The number of nitrogens with zero attached hydrogens (tertiary/aromatic N) is 2. The lowest BCUT2D eigenvalue weighted by atomic mass is 9.64. The summed E-state index contributed by atoms with van der Waals surface area (Å²) in [6.07, 6.45) is 1.87. The molecule has 0 bridgehead atoms. The molecule has 1 aliphatic heterocycles. The van der Waals surface area contributed by atoms with Crippen LogP contribution in [0.4, 0.5) is 4.39 Å². The monoisotopic (exact) mass is 449 g/mol. The molecule has 30 heavy (non-hydrogen) atoms. The number of carbonyl (C=O) groups is 1. The summed E-state index contributed by atoms with van der Waals surface area (Å²) >= 11 is 12.0. The summed E-state index contributed by atoms with van der Waals surface area (Å²) in [7, 11) is 0. The van der Waals surface area contributed by atoms with E-state index in [1.165, 1.54) is 18.3 Å². The molecule has 158 valence electrons. The summed E-state index contributed by atoms with van der Waals surface area (Å²) in [5, 5.41) is 23.8. The van der Waals surface area contributed by atoms with Crippen LogP contribution in [0.1, 0.15) is 44.4 Å². The number of aromatic nitrogens is 1. The normalized spacial score (nSPS) is 26.4. The lowest BCUT2D eigenvalue weighted by molar-refractivity contribution is -0.139. The van der Waals surface area contributed by atoms with E-state index in [9.17, 15) is 15.2 Å². The van der Waals surface area contributed by atoms with E-state index in [-0.39, 0.29) is 16.0 Å². The summed E-state index contributed by atoms with van der Waals surface area (Å²) in [5.74, 6) is -2.97. The Morgan fingerprint density at radius 1 is 1.33 bits per heavy atom. The predicted molar refractivity (Wildman–Crippen MR) is 113 cm³/mol. The maximum atomic E-state index is 15.1. The Labute approximate surface area is 184 Å². The quantitative estimate of drug-likeness (QED) is 0.690. The number of pyridine rings is 1. The molecule has 5 nitrogen and oxygen atoms in total. The molecule has 1 aromatic carbocycles. The number of nitrogens with one attached hydrogen (secondary N) is 1. The first kappa shape index (κ1) is 22.5. The van der Waals surface area contributed by atoms with Crippen LogP contribution in [0, 0.1) is 22.6 Å². The highest BCUT2D eigenvalue weighted by molar-refractivity contribution is 6.31. The van der Waals surface area contributed by atoms with Gasteiger partial charge in [0.15, 0.2) is 0 Å². The number of hydrogen-bond donors (Lipinski definition) is 2. The van der Waals surface area contributed by atoms with Crippen molar-refractivity contribution in [1.82, 2.24) is 10.3 Å². The Morgan fingerprint density at radius 3 is 2.57 bits per heavy atom. The summed E-state index contributed by atoms with van der Waals surface area (Å²) in [4.78, 5) is 16.6. The number of nitriles is 1. The molecule has 1 aromatic heterocycles. The van der Waals surface area contributed by atoms with Gasteiger partial charge in [0.05, 0.1) is 21.8 Å². The van der Waals surface area contributed by atoms with Gasteiger partial charge in [-0.3, -0.25) is 15.1 Å². The van der Waals surface area contributed by atoms with Gasteiger partial charge in [-0.05, 0) is 35.6 Å². The highest BCUT2D eigenvalue weighted by Crippen LogP contribution is 2.51. The van der Waals surface area contributed by atoms with Crippen LogP contribution in [0.3, 0.4) is 0 Å².